The highest BCUT2D eigenvalue weighted by Gasteiger charge is 2.33. The van der Waals surface area contributed by atoms with Crippen molar-refractivity contribution in [3.8, 4) is 11.1 Å². The van der Waals surface area contributed by atoms with Crippen molar-refractivity contribution in [3.63, 3.8) is 0 Å². The van der Waals surface area contributed by atoms with Crippen LogP contribution in [0.2, 0.25) is 0 Å². The molecule has 0 aromatic heterocycles. The van der Waals surface area contributed by atoms with E-state index in [1.54, 1.807) is 24.3 Å². The number of carbonyl (C=O) groups is 1. The van der Waals surface area contributed by atoms with Crippen LogP contribution in [-0.2, 0) is 4.79 Å². The van der Waals surface area contributed by atoms with E-state index >= 15 is 0 Å². The van der Waals surface area contributed by atoms with Crippen molar-refractivity contribution in [3.05, 3.63) is 60.2 Å². The highest BCUT2D eigenvalue weighted by atomic mass is 19.4. The fourth-order valence-electron chi connectivity index (χ4n) is 2.41. The van der Waals surface area contributed by atoms with Gasteiger partial charge in [-0.15, -0.1) is 0 Å². The fraction of sp³-hybridized carbons (Fsp3) is 0.235. The summed E-state index contributed by atoms with van der Waals surface area (Å²) in [7, 11) is 0. The molecular formula is C17H16F3NO. The maximum atomic E-state index is 12.6. The van der Waals surface area contributed by atoms with Crippen LogP contribution >= 0.6 is 0 Å². The third kappa shape index (κ3) is 4.62. The summed E-state index contributed by atoms with van der Waals surface area (Å²) in [5, 5.41) is 0. The lowest BCUT2D eigenvalue weighted by Gasteiger charge is -2.18. The first-order chi connectivity index (χ1) is 10.3. The summed E-state index contributed by atoms with van der Waals surface area (Å²) >= 11 is 0. The van der Waals surface area contributed by atoms with Crippen molar-refractivity contribution in [2.75, 3.05) is 0 Å². The average molecular weight is 307 g/mol. The molecule has 0 radical (unpaired) electrons. The zero-order valence-electron chi connectivity index (χ0n) is 11.8. The van der Waals surface area contributed by atoms with E-state index in [1.165, 1.54) is 0 Å². The van der Waals surface area contributed by atoms with Crippen LogP contribution in [0, 0.1) is 0 Å². The van der Waals surface area contributed by atoms with Crippen LogP contribution in [0.15, 0.2) is 54.6 Å². The van der Waals surface area contributed by atoms with Gasteiger partial charge in [-0.1, -0.05) is 54.6 Å². The molecule has 2 N–H and O–H groups in total. The van der Waals surface area contributed by atoms with Crippen molar-refractivity contribution in [1.29, 1.82) is 0 Å². The van der Waals surface area contributed by atoms with Crippen molar-refractivity contribution < 1.29 is 18.0 Å². The molecule has 5 heteroatoms. The molecule has 2 aromatic rings. The van der Waals surface area contributed by atoms with Gasteiger partial charge in [-0.05, 0) is 16.7 Å². The minimum atomic E-state index is -4.34. The Morgan fingerprint density at radius 3 is 2.00 bits per heavy atom. The normalized spacial score (nSPS) is 12.9. The van der Waals surface area contributed by atoms with Crippen LogP contribution in [0.5, 0.6) is 0 Å². The molecule has 0 saturated carbocycles. The Morgan fingerprint density at radius 2 is 1.50 bits per heavy atom. The van der Waals surface area contributed by atoms with Gasteiger partial charge in [0.05, 0.1) is 6.42 Å². The number of hydrogen-bond acceptors (Lipinski definition) is 1. The Bertz CT molecular complexity index is 621. The summed E-state index contributed by atoms with van der Waals surface area (Å²) in [4.78, 5) is 11.0. The number of rotatable bonds is 5. The number of benzene rings is 2. The molecule has 2 aromatic carbocycles. The van der Waals surface area contributed by atoms with Gasteiger partial charge in [-0.3, -0.25) is 4.79 Å². The van der Waals surface area contributed by atoms with E-state index in [2.05, 4.69) is 0 Å². The Hall–Kier alpha value is -2.30. The topological polar surface area (TPSA) is 43.1 Å². The molecule has 0 aliphatic carbocycles. The lowest BCUT2D eigenvalue weighted by molar-refractivity contribution is -0.140. The van der Waals surface area contributed by atoms with Gasteiger partial charge >= 0.3 is 6.18 Å². The van der Waals surface area contributed by atoms with Crippen molar-refractivity contribution in [2.45, 2.75) is 24.9 Å². The summed E-state index contributed by atoms with van der Waals surface area (Å²) in [5.41, 5.74) is 7.43. The Labute approximate surface area is 126 Å². The molecule has 1 atom stereocenters. The number of nitrogens with two attached hydrogens (primary N) is 1. The first kappa shape index (κ1) is 16.1. The second kappa shape index (κ2) is 6.64. The number of halogens is 3. The fourth-order valence-corrected chi connectivity index (χ4v) is 2.41. The molecule has 0 bridgehead atoms. The summed E-state index contributed by atoms with van der Waals surface area (Å²) in [6.45, 7) is 0. The van der Waals surface area contributed by atoms with Gasteiger partial charge in [-0.25, -0.2) is 0 Å². The van der Waals surface area contributed by atoms with Crippen molar-refractivity contribution in [2.24, 2.45) is 5.73 Å². The minimum absolute atomic E-state index is 0.315. The van der Waals surface area contributed by atoms with E-state index in [4.69, 9.17) is 5.73 Å². The molecule has 0 aliphatic heterocycles. The van der Waals surface area contributed by atoms with Gasteiger partial charge in [-0.2, -0.15) is 13.2 Å². The highest BCUT2D eigenvalue weighted by Crippen LogP contribution is 2.34. The van der Waals surface area contributed by atoms with Crippen LogP contribution in [0.1, 0.15) is 24.3 Å². The summed E-state index contributed by atoms with van der Waals surface area (Å²) in [6, 6.07) is 16.3. The molecule has 22 heavy (non-hydrogen) atoms. The van der Waals surface area contributed by atoms with Crippen LogP contribution in [-0.4, -0.2) is 12.1 Å². The van der Waals surface area contributed by atoms with Crippen molar-refractivity contribution in [1.82, 2.24) is 0 Å². The number of primary amides is 1. The van der Waals surface area contributed by atoms with Crippen LogP contribution < -0.4 is 5.73 Å². The molecule has 1 amide bonds. The monoisotopic (exact) mass is 307 g/mol. The summed E-state index contributed by atoms with van der Waals surface area (Å²) in [5.74, 6) is -1.68. The third-order valence-corrected chi connectivity index (χ3v) is 3.41. The molecule has 2 rings (SSSR count). The molecule has 116 valence electrons. The van der Waals surface area contributed by atoms with Crippen molar-refractivity contribution >= 4 is 5.91 Å². The highest BCUT2D eigenvalue weighted by molar-refractivity contribution is 5.75. The van der Waals surface area contributed by atoms with E-state index in [-0.39, 0.29) is 6.42 Å². The van der Waals surface area contributed by atoms with Gasteiger partial charge < -0.3 is 5.73 Å². The van der Waals surface area contributed by atoms with Crippen LogP contribution in [0.25, 0.3) is 11.1 Å². The largest absolute Gasteiger partial charge is 0.389 e. The smallest absolute Gasteiger partial charge is 0.370 e. The van der Waals surface area contributed by atoms with Gasteiger partial charge in [0.25, 0.3) is 0 Å². The minimum Gasteiger partial charge on any atom is -0.370 e. The molecule has 0 saturated heterocycles. The Balaban J connectivity index is 2.23. The van der Waals surface area contributed by atoms with E-state index in [1.807, 2.05) is 30.3 Å². The number of amides is 1. The van der Waals surface area contributed by atoms with Gasteiger partial charge in [0.1, 0.15) is 0 Å². The standard InChI is InChI=1S/C17H16F3NO/c18-17(19,20)11-15(10-16(21)22)14-8-6-13(7-9-14)12-4-2-1-3-5-12/h1-9,15H,10-11H2,(H2,21,22). The van der Waals surface area contributed by atoms with Crippen LogP contribution in [0.3, 0.4) is 0 Å². The second-order valence-electron chi connectivity index (χ2n) is 5.17. The molecule has 0 fully saturated rings. The zero-order chi connectivity index (χ0) is 16.2. The first-order valence-electron chi connectivity index (χ1n) is 6.85. The molecule has 2 nitrogen and oxygen atoms in total. The SMILES string of the molecule is NC(=O)CC(CC(F)(F)F)c1ccc(-c2ccccc2)cc1. The van der Waals surface area contributed by atoms with Gasteiger partial charge in [0, 0.05) is 12.3 Å². The van der Waals surface area contributed by atoms with E-state index < -0.39 is 24.4 Å². The quantitative estimate of drug-likeness (QED) is 0.881. The lowest BCUT2D eigenvalue weighted by atomic mass is 9.90. The second-order valence-corrected chi connectivity index (χ2v) is 5.17. The maximum absolute atomic E-state index is 12.6. The number of alkyl halides is 3. The van der Waals surface area contributed by atoms with E-state index in [9.17, 15) is 18.0 Å². The van der Waals surface area contributed by atoms with E-state index in [0.717, 1.165) is 11.1 Å². The summed E-state index contributed by atoms with van der Waals surface area (Å²) in [6.07, 6.45) is -5.71. The molecule has 0 spiro atoms. The predicted molar refractivity (Wildman–Crippen MR) is 79.1 cm³/mol. The van der Waals surface area contributed by atoms with E-state index in [0.29, 0.717) is 5.56 Å². The zero-order valence-corrected chi connectivity index (χ0v) is 11.8. The first-order valence-corrected chi connectivity index (χ1v) is 6.85. The Morgan fingerprint density at radius 1 is 0.955 bits per heavy atom. The van der Waals surface area contributed by atoms with Gasteiger partial charge in [0.15, 0.2) is 0 Å². The van der Waals surface area contributed by atoms with Crippen LogP contribution in [0.4, 0.5) is 13.2 Å². The molecule has 0 heterocycles. The molecular weight excluding hydrogens is 291 g/mol. The predicted octanol–water partition coefficient (Wildman–Crippen LogP) is 4.27. The molecule has 1 unspecified atom stereocenters. The number of carbonyl (C=O) groups excluding carboxylic acids is 1. The Kier molecular flexibility index (Phi) is 4.85. The molecule has 0 aliphatic rings. The lowest BCUT2D eigenvalue weighted by Crippen LogP contribution is -2.20. The third-order valence-electron chi connectivity index (χ3n) is 3.41. The summed E-state index contributed by atoms with van der Waals surface area (Å²) < 4.78 is 37.9. The number of hydrogen-bond donors (Lipinski definition) is 1. The maximum Gasteiger partial charge on any atom is 0.389 e. The average Bonchev–Trinajstić information content (AvgIpc) is 2.46. The van der Waals surface area contributed by atoms with Gasteiger partial charge in [0.2, 0.25) is 5.91 Å².